The summed E-state index contributed by atoms with van der Waals surface area (Å²) in [5, 5.41) is 14.2. The number of amides is 1. The Morgan fingerprint density at radius 2 is 2.05 bits per heavy atom. The first-order valence-electron chi connectivity index (χ1n) is 6.14. The third kappa shape index (κ3) is 4.22. The van der Waals surface area contributed by atoms with Gasteiger partial charge in [0.2, 0.25) is 5.91 Å². The molecule has 2 heterocycles. The maximum atomic E-state index is 11.5. The molecule has 104 valence electrons. The SMILES string of the molecule is O=C(O)CNC(=O)CN1CCN(c2cccs2)CC1. The molecule has 1 fully saturated rings. The zero-order valence-electron chi connectivity index (χ0n) is 10.5. The van der Waals surface area contributed by atoms with Crippen LogP contribution >= 0.6 is 11.3 Å². The summed E-state index contributed by atoms with van der Waals surface area (Å²) in [5.74, 6) is -1.25. The summed E-state index contributed by atoms with van der Waals surface area (Å²) in [5.41, 5.74) is 0. The number of piperazine rings is 1. The Morgan fingerprint density at radius 3 is 2.63 bits per heavy atom. The molecule has 0 saturated carbocycles. The lowest BCUT2D eigenvalue weighted by atomic mass is 10.3. The van der Waals surface area contributed by atoms with E-state index in [2.05, 4.69) is 21.7 Å². The van der Waals surface area contributed by atoms with Crippen molar-refractivity contribution >= 4 is 28.2 Å². The molecule has 1 aliphatic heterocycles. The molecule has 1 aliphatic rings. The number of thiophene rings is 1. The van der Waals surface area contributed by atoms with Crippen molar-refractivity contribution in [1.29, 1.82) is 0 Å². The van der Waals surface area contributed by atoms with Crippen LogP contribution in [0, 0.1) is 0 Å². The van der Waals surface area contributed by atoms with Crippen LogP contribution in [0.1, 0.15) is 0 Å². The number of hydrogen-bond donors (Lipinski definition) is 2. The summed E-state index contributed by atoms with van der Waals surface area (Å²) in [6.07, 6.45) is 0. The highest BCUT2D eigenvalue weighted by Crippen LogP contribution is 2.22. The van der Waals surface area contributed by atoms with Gasteiger partial charge in [0.15, 0.2) is 0 Å². The number of carbonyl (C=O) groups is 2. The van der Waals surface area contributed by atoms with Gasteiger partial charge in [-0.2, -0.15) is 0 Å². The van der Waals surface area contributed by atoms with Gasteiger partial charge in [0.25, 0.3) is 0 Å². The molecule has 0 radical (unpaired) electrons. The molecule has 0 unspecified atom stereocenters. The lowest BCUT2D eigenvalue weighted by Gasteiger charge is -2.34. The van der Waals surface area contributed by atoms with Crippen LogP contribution in [-0.4, -0.2) is 61.2 Å². The van der Waals surface area contributed by atoms with Gasteiger partial charge < -0.3 is 15.3 Å². The lowest BCUT2D eigenvalue weighted by molar-refractivity contribution is -0.138. The fourth-order valence-electron chi connectivity index (χ4n) is 2.01. The van der Waals surface area contributed by atoms with Crippen molar-refractivity contribution in [3.8, 4) is 0 Å². The zero-order chi connectivity index (χ0) is 13.7. The zero-order valence-corrected chi connectivity index (χ0v) is 11.4. The predicted molar refractivity (Wildman–Crippen MR) is 73.6 cm³/mol. The van der Waals surface area contributed by atoms with Gasteiger partial charge in [-0.3, -0.25) is 14.5 Å². The van der Waals surface area contributed by atoms with Crippen LogP contribution < -0.4 is 10.2 Å². The van der Waals surface area contributed by atoms with Crippen LogP contribution in [0.25, 0.3) is 0 Å². The third-order valence-electron chi connectivity index (χ3n) is 2.99. The molecule has 6 nitrogen and oxygen atoms in total. The first-order valence-corrected chi connectivity index (χ1v) is 7.02. The highest BCUT2D eigenvalue weighted by Gasteiger charge is 2.19. The molecule has 0 bridgehead atoms. The van der Waals surface area contributed by atoms with E-state index in [-0.39, 0.29) is 19.0 Å². The van der Waals surface area contributed by atoms with Gasteiger partial charge in [-0.1, -0.05) is 0 Å². The molecule has 1 aromatic heterocycles. The number of hydrogen-bond acceptors (Lipinski definition) is 5. The molecule has 19 heavy (non-hydrogen) atoms. The van der Waals surface area contributed by atoms with Gasteiger partial charge in [-0.15, -0.1) is 11.3 Å². The van der Waals surface area contributed by atoms with Gasteiger partial charge in [-0.25, -0.2) is 0 Å². The standard InChI is InChI=1S/C12H17N3O3S/c16-10(13-8-12(17)18)9-14-3-5-15(6-4-14)11-2-1-7-19-11/h1-2,7H,3-6,8-9H2,(H,13,16)(H,17,18). The van der Waals surface area contributed by atoms with E-state index in [1.54, 1.807) is 11.3 Å². The van der Waals surface area contributed by atoms with Crippen molar-refractivity contribution in [2.45, 2.75) is 0 Å². The van der Waals surface area contributed by atoms with E-state index in [1.807, 2.05) is 11.0 Å². The normalized spacial score (nSPS) is 16.3. The monoisotopic (exact) mass is 283 g/mol. The van der Waals surface area contributed by atoms with E-state index in [0.29, 0.717) is 0 Å². The average Bonchev–Trinajstić information content (AvgIpc) is 2.91. The highest BCUT2D eigenvalue weighted by molar-refractivity contribution is 7.14. The first-order chi connectivity index (χ1) is 9.15. The van der Waals surface area contributed by atoms with Crippen LogP contribution in [-0.2, 0) is 9.59 Å². The van der Waals surface area contributed by atoms with Crippen LogP contribution in [0.3, 0.4) is 0 Å². The van der Waals surface area contributed by atoms with E-state index in [9.17, 15) is 9.59 Å². The van der Waals surface area contributed by atoms with Crippen molar-refractivity contribution in [2.24, 2.45) is 0 Å². The second-order valence-electron chi connectivity index (χ2n) is 4.38. The summed E-state index contributed by atoms with van der Waals surface area (Å²) < 4.78 is 0. The van der Waals surface area contributed by atoms with Gasteiger partial charge in [0, 0.05) is 26.2 Å². The second-order valence-corrected chi connectivity index (χ2v) is 5.31. The minimum absolute atomic E-state index is 0.230. The topological polar surface area (TPSA) is 72.9 Å². The summed E-state index contributed by atoms with van der Waals surface area (Å²) >= 11 is 1.72. The van der Waals surface area contributed by atoms with E-state index in [0.717, 1.165) is 26.2 Å². The summed E-state index contributed by atoms with van der Waals surface area (Å²) in [4.78, 5) is 26.2. The van der Waals surface area contributed by atoms with Crippen LogP contribution in [0.2, 0.25) is 0 Å². The smallest absolute Gasteiger partial charge is 0.322 e. The molecule has 2 rings (SSSR count). The van der Waals surface area contributed by atoms with Crippen molar-refractivity contribution in [3.63, 3.8) is 0 Å². The number of nitrogens with zero attached hydrogens (tertiary/aromatic N) is 2. The number of carboxylic acids is 1. The number of nitrogens with one attached hydrogen (secondary N) is 1. The Morgan fingerprint density at radius 1 is 1.32 bits per heavy atom. The molecule has 1 saturated heterocycles. The second kappa shape index (κ2) is 6.53. The third-order valence-corrected chi connectivity index (χ3v) is 3.92. The van der Waals surface area contributed by atoms with Gasteiger partial charge >= 0.3 is 5.97 Å². The molecule has 2 N–H and O–H groups in total. The molecular weight excluding hydrogens is 266 g/mol. The molecule has 7 heteroatoms. The Balaban J connectivity index is 1.71. The number of carbonyl (C=O) groups excluding carboxylic acids is 1. The molecular formula is C12H17N3O3S. The average molecular weight is 283 g/mol. The number of aliphatic carboxylic acids is 1. The van der Waals surface area contributed by atoms with E-state index >= 15 is 0 Å². The molecule has 0 aliphatic carbocycles. The largest absolute Gasteiger partial charge is 0.480 e. The quantitative estimate of drug-likeness (QED) is 0.800. The molecule has 0 spiro atoms. The van der Waals surface area contributed by atoms with Crippen molar-refractivity contribution in [3.05, 3.63) is 17.5 Å². The van der Waals surface area contributed by atoms with E-state index < -0.39 is 5.97 Å². The maximum Gasteiger partial charge on any atom is 0.322 e. The van der Waals surface area contributed by atoms with Crippen LogP contribution in [0.4, 0.5) is 5.00 Å². The summed E-state index contributed by atoms with van der Waals surface area (Å²) in [6, 6.07) is 4.13. The Labute approximate surface area is 115 Å². The number of rotatable bonds is 5. The van der Waals surface area contributed by atoms with Crippen LogP contribution in [0.5, 0.6) is 0 Å². The van der Waals surface area contributed by atoms with Crippen molar-refractivity contribution < 1.29 is 14.7 Å². The fraction of sp³-hybridized carbons (Fsp3) is 0.500. The number of anilines is 1. The Kier molecular flexibility index (Phi) is 4.75. The Bertz CT molecular complexity index is 427. The molecule has 0 aromatic carbocycles. The van der Waals surface area contributed by atoms with Crippen LogP contribution in [0.15, 0.2) is 17.5 Å². The minimum atomic E-state index is -1.02. The van der Waals surface area contributed by atoms with Gasteiger partial charge in [0.05, 0.1) is 11.5 Å². The molecule has 1 aromatic rings. The number of carboxylic acid groups (broad SMARTS) is 1. The summed E-state index contributed by atoms with van der Waals surface area (Å²) in [7, 11) is 0. The Hall–Kier alpha value is -1.60. The van der Waals surface area contributed by atoms with Crippen molar-refractivity contribution in [1.82, 2.24) is 10.2 Å². The van der Waals surface area contributed by atoms with E-state index in [4.69, 9.17) is 5.11 Å². The fourth-order valence-corrected chi connectivity index (χ4v) is 2.79. The van der Waals surface area contributed by atoms with Gasteiger partial charge in [-0.05, 0) is 17.5 Å². The van der Waals surface area contributed by atoms with Crippen molar-refractivity contribution in [2.75, 3.05) is 44.2 Å². The minimum Gasteiger partial charge on any atom is -0.480 e. The van der Waals surface area contributed by atoms with E-state index in [1.165, 1.54) is 5.00 Å². The molecule has 0 atom stereocenters. The molecule has 1 amide bonds. The first kappa shape index (κ1) is 13.8. The predicted octanol–water partition coefficient (Wildman–Crippen LogP) is 0.0709. The van der Waals surface area contributed by atoms with Gasteiger partial charge in [0.1, 0.15) is 6.54 Å². The highest BCUT2D eigenvalue weighted by atomic mass is 32.1. The maximum absolute atomic E-state index is 11.5. The lowest BCUT2D eigenvalue weighted by Crippen LogP contribution is -2.49. The summed E-state index contributed by atoms with van der Waals surface area (Å²) in [6.45, 7) is 3.38.